The molecule has 1 N–H and O–H groups in total. The third-order valence-corrected chi connectivity index (χ3v) is 9.97. The second-order valence-corrected chi connectivity index (χ2v) is 12.8. The van der Waals surface area contributed by atoms with Crippen LogP contribution in [0.3, 0.4) is 0 Å². The molecule has 0 saturated carbocycles. The number of aliphatic hydroxyl groups is 1. The molecule has 0 saturated heterocycles. The summed E-state index contributed by atoms with van der Waals surface area (Å²) in [5, 5.41) is 33.5. The van der Waals surface area contributed by atoms with Crippen LogP contribution in [0.5, 0.6) is 0 Å². The SMILES string of the molecule is N#Cc1ccc(-c2ccc3c4ccccc4n(-c4cccc5c4C(=O)N(c4cccc(-c6ccccc6)c4-c4ccccc4)C5O)c3c2)c(C#N)c1. The normalized spacial score (nSPS) is 13.6. The van der Waals surface area contributed by atoms with Gasteiger partial charge in [0.15, 0.2) is 6.23 Å². The number of hydrogen-bond acceptors (Lipinski definition) is 4. The van der Waals surface area contributed by atoms with E-state index in [-0.39, 0.29) is 5.91 Å². The van der Waals surface area contributed by atoms with E-state index in [0.717, 1.165) is 49.6 Å². The third kappa shape index (κ3) is 4.71. The van der Waals surface area contributed by atoms with E-state index in [4.69, 9.17) is 0 Å². The average Bonchev–Trinajstić information content (AvgIpc) is 3.67. The number of nitrogens with zero attached hydrogens (tertiary/aromatic N) is 4. The highest BCUT2D eigenvalue weighted by Gasteiger charge is 2.40. The monoisotopic (exact) mass is 668 g/mol. The van der Waals surface area contributed by atoms with Crippen LogP contribution in [-0.4, -0.2) is 15.6 Å². The first-order chi connectivity index (χ1) is 25.6. The molecule has 1 aliphatic heterocycles. The van der Waals surface area contributed by atoms with E-state index in [2.05, 4.69) is 34.9 Å². The van der Waals surface area contributed by atoms with Crippen molar-refractivity contribution in [2.75, 3.05) is 4.90 Å². The fraction of sp³-hybridized carbons (Fsp3) is 0.0217. The zero-order valence-electron chi connectivity index (χ0n) is 27.7. The number of aromatic nitrogens is 1. The molecule has 0 aliphatic carbocycles. The number of fused-ring (bicyclic) bond motifs is 4. The van der Waals surface area contributed by atoms with Gasteiger partial charge in [0.25, 0.3) is 5.91 Å². The van der Waals surface area contributed by atoms with E-state index in [0.29, 0.717) is 39.2 Å². The minimum atomic E-state index is -1.23. The van der Waals surface area contributed by atoms with E-state index in [1.807, 2.05) is 121 Å². The van der Waals surface area contributed by atoms with Gasteiger partial charge in [-0.15, -0.1) is 0 Å². The fourth-order valence-electron chi connectivity index (χ4n) is 7.67. The molecule has 0 fully saturated rings. The Morgan fingerprint density at radius 2 is 1.23 bits per heavy atom. The van der Waals surface area contributed by atoms with E-state index in [1.54, 1.807) is 18.2 Å². The van der Waals surface area contributed by atoms with Crippen LogP contribution in [0.15, 0.2) is 158 Å². The summed E-state index contributed by atoms with van der Waals surface area (Å²) in [7, 11) is 0. The predicted molar refractivity (Wildman–Crippen MR) is 205 cm³/mol. The maximum atomic E-state index is 14.9. The maximum absolute atomic E-state index is 14.9. The zero-order valence-corrected chi connectivity index (χ0v) is 27.7. The number of para-hydroxylation sites is 1. The molecule has 7 aromatic carbocycles. The number of rotatable bonds is 5. The number of carbonyl (C=O) groups is 1. The highest BCUT2D eigenvalue weighted by molar-refractivity contribution is 6.17. The van der Waals surface area contributed by atoms with Gasteiger partial charge in [-0.3, -0.25) is 9.69 Å². The van der Waals surface area contributed by atoms with Crippen molar-refractivity contribution < 1.29 is 9.90 Å². The van der Waals surface area contributed by atoms with Crippen molar-refractivity contribution in [3.05, 3.63) is 180 Å². The molecule has 0 radical (unpaired) electrons. The summed E-state index contributed by atoms with van der Waals surface area (Å²) in [4.78, 5) is 16.5. The molecule has 244 valence electrons. The maximum Gasteiger partial charge on any atom is 0.263 e. The molecule has 0 spiro atoms. The summed E-state index contributed by atoms with van der Waals surface area (Å²) in [5.41, 5.74) is 10.0. The van der Waals surface area contributed by atoms with E-state index in [1.165, 1.54) is 4.90 Å². The number of benzene rings is 7. The molecule has 1 atom stereocenters. The van der Waals surface area contributed by atoms with Gasteiger partial charge in [0, 0.05) is 21.9 Å². The Labute approximate surface area is 299 Å². The van der Waals surface area contributed by atoms with Gasteiger partial charge in [-0.25, -0.2) is 0 Å². The lowest BCUT2D eigenvalue weighted by Crippen LogP contribution is -2.28. The van der Waals surface area contributed by atoms with E-state index in [9.17, 15) is 20.4 Å². The standard InChI is InChI=1S/C46H28N4O2/c47-27-29-21-23-34(33(25-29)28-48)32-22-24-37-36-15-7-8-18-39(36)49(42(37)26-32)41-20-10-17-38-44(41)46(52)50(45(38)51)40-19-9-16-35(30-11-3-1-4-12-30)43(40)31-13-5-2-6-14-31/h1-26,45,51H. The minimum Gasteiger partial charge on any atom is -0.369 e. The van der Waals surface area contributed by atoms with Crippen LogP contribution in [0.1, 0.15) is 33.3 Å². The van der Waals surface area contributed by atoms with Crippen molar-refractivity contribution in [3.63, 3.8) is 0 Å². The molecule has 52 heavy (non-hydrogen) atoms. The van der Waals surface area contributed by atoms with E-state index < -0.39 is 6.23 Å². The lowest BCUT2D eigenvalue weighted by molar-refractivity contribution is 0.0935. The van der Waals surface area contributed by atoms with Crippen molar-refractivity contribution in [2.45, 2.75) is 6.23 Å². The van der Waals surface area contributed by atoms with Crippen LogP contribution in [0, 0.1) is 22.7 Å². The summed E-state index contributed by atoms with van der Waals surface area (Å²) >= 11 is 0. The van der Waals surface area contributed by atoms with Crippen molar-refractivity contribution in [2.24, 2.45) is 0 Å². The molecule has 2 heterocycles. The largest absolute Gasteiger partial charge is 0.369 e. The highest BCUT2D eigenvalue weighted by atomic mass is 16.3. The molecular formula is C46H28N4O2. The predicted octanol–water partition coefficient (Wildman–Crippen LogP) is 10.2. The fourth-order valence-corrected chi connectivity index (χ4v) is 7.67. The molecular weight excluding hydrogens is 641 g/mol. The Hall–Kier alpha value is -7.25. The van der Waals surface area contributed by atoms with Gasteiger partial charge >= 0.3 is 0 Å². The molecule has 6 heteroatoms. The summed E-state index contributed by atoms with van der Waals surface area (Å²) < 4.78 is 2.08. The number of nitriles is 2. The average molecular weight is 669 g/mol. The van der Waals surface area contributed by atoms with Crippen LogP contribution in [0.4, 0.5) is 5.69 Å². The van der Waals surface area contributed by atoms with Gasteiger partial charge in [-0.05, 0) is 64.2 Å². The van der Waals surface area contributed by atoms with Crippen LogP contribution >= 0.6 is 0 Å². The smallest absolute Gasteiger partial charge is 0.263 e. The Balaban J connectivity index is 1.26. The Morgan fingerprint density at radius 3 is 2.00 bits per heavy atom. The van der Waals surface area contributed by atoms with Crippen LogP contribution < -0.4 is 4.90 Å². The number of amides is 1. The van der Waals surface area contributed by atoms with Crippen LogP contribution in [-0.2, 0) is 0 Å². The number of anilines is 1. The van der Waals surface area contributed by atoms with Gasteiger partial charge in [0.05, 0.1) is 51.2 Å². The van der Waals surface area contributed by atoms with Gasteiger partial charge in [-0.2, -0.15) is 10.5 Å². The molecule has 9 rings (SSSR count). The highest BCUT2D eigenvalue weighted by Crippen LogP contribution is 2.47. The Morgan fingerprint density at radius 1 is 0.538 bits per heavy atom. The molecule has 1 aromatic heterocycles. The second-order valence-electron chi connectivity index (χ2n) is 12.8. The van der Waals surface area contributed by atoms with Gasteiger partial charge < -0.3 is 9.67 Å². The molecule has 1 amide bonds. The third-order valence-electron chi connectivity index (χ3n) is 9.97. The van der Waals surface area contributed by atoms with Gasteiger partial charge in [-0.1, -0.05) is 121 Å². The summed E-state index contributed by atoms with van der Waals surface area (Å²) in [5.74, 6) is -0.304. The first kappa shape index (κ1) is 30.8. The number of carbonyl (C=O) groups excluding carboxylic acids is 1. The van der Waals surface area contributed by atoms with E-state index >= 15 is 0 Å². The van der Waals surface area contributed by atoms with Crippen LogP contribution in [0.2, 0.25) is 0 Å². The minimum absolute atomic E-state index is 0.304. The van der Waals surface area contributed by atoms with Crippen molar-refractivity contribution in [1.82, 2.24) is 4.57 Å². The first-order valence-corrected chi connectivity index (χ1v) is 16.9. The second kappa shape index (κ2) is 12.3. The van der Waals surface area contributed by atoms with Crippen LogP contribution in [0.25, 0.3) is 60.9 Å². The zero-order chi connectivity index (χ0) is 35.3. The summed E-state index contributed by atoms with van der Waals surface area (Å²) in [6, 6.07) is 55.1. The lowest BCUT2D eigenvalue weighted by Gasteiger charge is -2.26. The van der Waals surface area contributed by atoms with Crippen molar-refractivity contribution >= 4 is 33.4 Å². The number of hydrogen-bond donors (Lipinski definition) is 1. The molecule has 8 aromatic rings. The van der Waals surface area contributed by atoms with Crippen molar-refractivity contribution in [1.29, 1.82) is 10.5 Å². The van der Waals surface area contributed by atoms with Gasteiger partial charge in [0.1, 0.15) is 0 Å². The quantitative estimate of drug-likeness (QED) is 0.198. The topological polar surface area (TPSA) is 93.1 Å². The Kier molecular flexibility index (Phi) is 7.26. The summed E-state index contributed by atoms with van der Waals surface area (Å²) in [6.07, 6.45) is -1.23. The lowest BCUT2D eigenvalue weighted by atomic mass is 9.92. The van der Waals surface area contributed by atoms with Crippen molar-refractivity contribution in [3.8, 4) is 51.2 Å². The van der Waals surface area contributed by atoms with Gasteiger partial charge in [0.2, 0.25) is 0 Å². The number of aliphatic hydroxyl groups excluding tert-OH is 1. The Bertz CT molecular complexity index is 2810. The molecule has 6 nitrogen and oxygen atoms in total. The molecule has 1 aliphatic rings. The molecule has 1 unspecified atom stereocenters. The summed E-state index contributed by atoms with van der Waals surface area (Å²) in [6.45, 7) is 0. The molecule has 0 bridgehead atoms. The first-order valence-electron chi connectivity index (χ1n) is 16.9.